The van der Waals surface area contributed by atoms with E-state index in [0.29, 0.717) is 11.0 Å². The molecule has 1 aliphatic rings. The Morgan fingerprint density at radius 2 is 1.71 bits per heavy atom. The first-order valence-electron chi connectivity index (χ1n) is 7.70. The van der Waals surface area contributed by atoms with Crippen LogP contribution in [0.25, 0.3) is 0 Å². The van der Waals surface area contributed by atoms with E-state index in [4.69, 9.17) is 4.84 Å². The maximum atomic E-state index is 11.9. The minimum atomic E-state index is -0.375. The van der Waals surface area contributed by atoms with Crippen molar-refractivity contribution in [1.29, 1.82) is 0 Å². The first-order chi connectivity index (χ1) is 9.86. The average molecular weight is 287 g/mol. The Morgan fingerprint density at radius 1 is 1.14 bits per heavy atom. The Bertz CT molecular complexity index is 513. The van der Waals surface area contributed by atoms with Crippen molar-refractivity contribution in [2.75, 3.05) is 0 Å². The van der Waals surface area contributed by atoms with Gasteiger partial charge in [-0.3, -0.25) is 0 Å². The van der Waals surface area contributed by atoms with Gasteiger partial charge in [-0.15, -0.1) is 0 Å². The highest BCUT2D eigenvalue weighted by molar-refractivity contribution is 5.91. The zero-order valence-corrected chi connectivity index (χ0v) is 13.5. The molecule has 0 radical (unpaired) electrons. The van der Waals surface area contributed by atoms with Gasteiger partial charge in [-0.2, -0.15) is 0 Å². The molecule has 1 saturated carbocycles. The third kappa shape index (κ3) is 4.42. The number of benzene rings is 1. The maximum Gasteiger partial charge on any atom is 0.365 e. The molecule has 1 fully saturated rings. The molecule has 0 amide bonds. The van der Waals surface area contributed by atoms with Crippen LogP contribution in [-0.2, 0) is 4.84 Å². The Hall–Kier alpha value is -1.64. The summed E-state index contributed by atoms with van der Waals surface area (Å²) in [5, 5.41) is 4.07. The van der Waals surface area contributed by atoms with E-state index >= 15 is 0 Å². The fourth-order valence-electron chi connectivity index (χ4n) is 2.76. The molecule has 2 rings (SSSR count). The molecule has 114 valence electrons. The van der Waals surface area contributed by atoms with Crippen LogP contribution in [-0.4, -0.2) is 11.7 Å². The van der Waals surface area contributed by atoms with E-state index in [0.717, 1.165) is 42.9 Å². The van der Waals surface area contributed by atoms with Gasteiger partial charge in [0.25, 0.3) is 0 Å². The Morgan fingerprint density at radius 3 is 2.24 bits per heavy atom. The van der Waals surface area contributed by atoms with Crippen molar-refractivity contribution < 1.29 is 9.63 Å². The van der Waals surface area contributed by atoms with Gasteiger partial charge < -0.3 is 4.84 Å². The summed E-state index contributed by atoms with van der Waals surface area (Å²) in [5.41, 5.74) is 3.03. The molecule has 0 N–H and O–H groups in total. The van der Waals surface area contributed by atoms with E-state index < -0.39 is 0 Å². The van der Waals surface area contributed by atoms with Crippen LogP contribution in [0.15, 0.2) is 29.4 Å². The monoisotopic (exact) mass is 287 g/mol. The molecule has 1 aromatic rings. The lowest BCUT2D eigenvalue weighted by molar-refractivity contribution is 0.0511. The smallest absolute Gasteiger partial charge is 0.313 e. The van der Waals surface area contributed by atoms with Crippen LogP contribution in [0, 0.1) is 18.3 Å². The molecule has 3 heteroatoms. The molecule has 0 saturated heterocycles. The lowest BCUT2D eigenvalue weighted by Crippen LogP contribution is -2.26. The summed E-state index contributed by atoms with van der Waals surface area (Å²) in [5.74, 6) is 0.352. The number of hydrogen-bond donors (Lipinski definition) is 0. The van der Waals surface area contributed by atoms with Crippen molar-refractivity contribution in [1.82, 2.24) is 0 Å². The molecular weight excluding hydrogens is 262 g/mol. The lowest BCUT2D eigenvalue weighted by Gasteiger charge is -2.33. The van der Waals surface area contributed by atoms with Crippen molar-refractivity contribution in [3.8, 4) is 0 Å². The maximum absolute atomic E-state index is 11.9. The standard InChI is InChI=1S/C18H25NO2/c1-13-5-7-14(8-6-13)17(20)21-19-16-11-9-15(10-12-16)18(2,3)4/h5-8,15H,9-12H2,1-4H3. The molecule has 0 aliphatic heterocycles. The summed E-state index contributed by atoms with van der Waals surface area (Å²) < 4.78 is 0. The van der Waals surface area contributed by atoms with Gasteiger partial charge in [0, 0.05) is 0 Å². The van der Waals surface area contributed by atoms with Gasteiger partial charge >= 0.3 is 5.97 Å². The van der Waals surface area contributed by atoms with Gasteiger partial charge in [-0.1, -0.05) is 43.6 Å². The second-order valence-corrected chi connectivity index (χ2v) is 7.04. The number of hydrogen-bond acceptors (Lipinski definition) is 3. The number of rotatable bonds is 2. The second-order valence-electron chi connectivity index (χ2n) is 7.04. The Balaban J connectivity index is 1.88. The lowest BCUT2D eigenvalue weighted by atomic mass is 9.72. The second kappa shape index (κ2) is 6.42. The number of oxime groups is 1. The first-order valence-corrected chi connectivity index (χ1v) is 7.70. The zero-order valence-electron chi connectivity index (χ0n) is 13.5. The van der Waals surface area contributed by atoms with Crippen LogP contribution >= 0.6 is 0 Å². The van der Waals surface area contributed by atoms with Crippen LogP contribution in [0.1, 0.15) is 62.4 Å². The molecule has 0 bridgehead atoms. The van der Waals surface area contributed by atoms with E-state index in [1.807, 2.05) is 19.1 Å². The Labute approximate surface area is 127 Å². The van der Waals surface area contributed by atoms with E-state index in [2.05, 4.69) is 25.9 Å². The van der Waals surface area contributed by atoms with Crippen molar-refractivity contribution in [2.24, 2.45) is 16.5 Å². The minimum absolute atomic E-state index is 0.351. The van der Waals surface area contributed by atoms with Gasteiger partial charge in [0.05, 0.1) is 11.3 Å². The van der Waals surface area contributed by atoms with E-state index in [1.165, 1.54) is 0 Å². The van der Waals surface area contributed by atoms with E-state index in [-0.39, 0.29) is 5.97 Å². The molecule has 21 heavy (non-hydrogen) atoms. The highest BCUT2D eigenvalue weighted by Gasteiger charge is 2.28. The summed E-state index contributed by atoms with van der Waals surface area (Å²) in [6, 6.07) is 7.35. The first kappa shape index (κ1) is 15.7. The van der Waals surface area contributed by atoms with E-state index in [1.54, 1.807) is 12.1 Å². The molecular formula is C18H25NO2. The molecule has 1 aromatic carbocycles. The summed E-state index contributed by atoms with van der Waals surface area (Å²) in [7, 11) is 0. The van der Waals surface area contributed by atoms with Gasteiger partial charge in [-0.05, 0) is 56.1 Å². The average Bonchev–Trinajstić information content (AvgIpc) is 2.45. The van der Waals surface area contributed by atoms with Crippen molar-refractivity contribution in [3.63, 3.8) is 0 Å². The van der Waals surface area contributed by atoms with Crippen LogP contribution in [0.3, 0.4) is 0 Å². The molecule has 0 spiro atoms. The number of aryl methyl sites for hydroxylation is 1. The minimum Gasteiger partial charge on any atom is -0.313 e. The summed E-state index contributed by atoms with van der Waals surface area (Å²) in [6.45, 7) is 8.86. The molecule has 0 heterocycles. The highest BCUT2D eigenvalue weighted by Crippen LogP contribution is 2.36. The van der Waals surface area contributed by atoms with Gasteiger partial charge in [0.15, 0.2) is 0 Å². The number of carbonyl (C=O) groups excluding carboxylic acids is 1. The van der Waals surface area contributed by atoms with E-state index in [9.17, 15) is 4.79 Å². The quantitative estimate of drug-likeness (QED) is 0.582. The molecule has 0 atom stereocenters. The van der Waals surface area contributed by atoms with Crippen LogP contribution in [0.2, 0.25) is 0 Å². The zero-order chi connectivity index (χ0) is 15.5. The van der Waals surface area contributed by atoms with Crippen LogP contribution in [0.5, 0.6) is 0 Å². The fraction of sp³-hybridized carbons (Fsp3) is 0.556. The fourth-order valence-corrected chi connectivity index (χ4v) is 2.76. The number of carbonyl (C=O) groups is 1. The van der Waals surface area contributed by atoms with Gasteiger partial charge in [0.1, 0.15) is 0 Å². The predicted octanol–water partition coefficient (Wildman–Crippen LogP) is 4.74. The van der Waals surface area contributed by atoms with Gasteiger partial charge in [-0.25, -0.2) is 4.79 Å². The summed E-state index contributed by atoms with van der Waals surface area (Å²) >= 11 is 0. The van der Waals surface area contributed by atoms with Crippen LogP contribution in [0.4, 0.5) is 0 Å². The third-order valence-electron chi connectivity index (χ3n) is 4.33. The van der Waals surface area contributed by atoms with Crippen molar-refractivity contribution in [2.45, 2.75) is 53.4 Å². The van der Waals surface area contributed by atoms with Crippen LogP contribution < -0.4 is 0 Å². The third-order valence-corrected chi connectivity index (χ3v) is 4.33. The van der Waals surface area contributed by atoms with Gasteiger partial charge in [0.2, 0.25) is 0 Å². The molecule has 0 unspecified atom stereocenters. The van der Waals surface area contributed by atoms with Crippen molar-refractivity contribution >= 4 is 11.7 Å². The largest absolute Gasteiger partial charge is 0.365 e. The number of nitrogens with zero attached hydrogens (tertiary/aromatic N) is 1. The summed E-state index contributed by atoms with van der Waals surface area (Å²) in [4.78, 5) is 17.0. The predicted molar refractivity (Wildman–Crippen MR) is 85.4 cm³/mol. The topological polar surface area (TPSA) is 38.7 Å². The highest BCUT2D eigenvalue weighted by atomic mass is 16.7. The van der Waals surface area contributed by atoms with Crippen molar-refractivity contribution in [3.05, 3.63) is 35.4 Å². The molecule has 1 aliphatic carbocycles. The normalized spacial score (nSPS) is 19.2. The SMILES string of the molecule is Cc1ccc(C(=O)ON=C2CCC(C(C)(C)C)CC2)cc1. The summed E-state index contributed by atoms with van der Waals surface area (Å²) in [6.07, 6.45) is 4.13. The molecule has 3 nitrogen and oxygen atoms in total. The molecule has 0 aromatic heterocycles. The Kier molecular flexibility index (Phi) is 4.81.